The van der Waals surface area contributed by atoms with E-state index >= 15 is 0 Å². The van der Waals surface area contributed by atoms with Crippen LogP contribution in [0.15, 0.2) is 6.20 Å². The number of hydrogen-bond donors (Lipinski definition) is 2. The zero-order valence-corrected chi connectivity index (χ0v) is 12.0. The lowest BCUT2D eigenvalue weighted by atomic mass is 10.0. The molecule has 20 heavy (non-hydrogen) atoms. The van der Waals surface area contributed by atoms with Crippen molar-refractivity contribution in [3.8, 4) is 0 Å². The van der Waals surface area contributed by atoms with Gasteiger partial charge in [-0.2, -0.15) is 0 Å². The summed E-state index contributed by atoms with van der Waals surface area (Å²) in [5.74, 6) is 0.0156. The quantitative estimate of drug-likeness (QED) is 0.798. The second-order valence-corrected chi connectivity index (χ2v) is 5.20. The van der Waals surface area contributed by atoms with E-state index < -0.39 is 11.6 Å². The van der Waals surface area contributed by atoms with Crippen molar-refractivity contribution in [2.24, 2.45) is 0 Å². The highest BCUT2D eigenvalue weighted by Crippen LogP contribution is 2.29. The normalized spacial score (nSPS) is 16.9. The van der Waals surface area contributed by atoms with Gasteiger partial charge in [0.05, 0.1) is 23.5 Å². The van der Waals surface area contributed by atoms with Crippen molar-refractivity contribution in [1.29, 1.82) is 0 Å². The van der Waals surface area contributed by atoms with Crippen LogP contribution in [0.3, 0.4) is 0 Å². The van der Waals surface area contributed by atoms with E-state index in [2.05, 4.69) is 15.3 Å². The molecule has 0 saturated heterocycles. The van der Waals surface area contributed by atoms with Crippen molar-refractivity contribution in [2.75, 3.05) is 18.5 Å². The number of ether oxygens (including phenoxy) is 1. The molecule has 0 aliphatic heterocycles. The molecule has 2 N–H and O–H groups in total. The van der Waals surface area contributed by atoms with Crippen molar-refractivity contribution in [3.63, 3.8) is 0 Å². The molecule has 6 nitrogen and oxygen atoms in total. The van der Waals surface area contributed by atoms with Crippen molar-refractivity contribution in [1.82, 2.24) is 9.97 Å². The predicted molar refractivity (Wildman–Crippen MR) is 74.6 cm³/mol. The largest absolute Gasteiger partial charge is 0.462 e. The Morgan fingerprint density at radius 1 is 1.50 bits per heavy atom. The third-order valence-corrected chi connectivity index (χ3v) is 3.58. The number of nitrogens with zero attached hydrogens (tertiary/aromatic N) is 2. The molecule has 0 spiro atoms. The molecule has 1 saturated carbocycles. The number of esters is 1. The van der Waals surface area contributed by atoms with E-state index in [4.69, 9.17) is 4.74 Å². The SMILES string of the molecule is CCOC(=O)c1cnc(NCC2(O)CCCC2)nc1C. The minimum absolute atomic E-state index is 0.325. The molecule has 2 rings (SSSR count). The fourth-order valence-corrected chi connectivity index (χ4v) is 2.41. The van der Waals surface area contributed by atoms with E-state index in [1.54, 1.807) is 13.8 Å². The maximum Gasteiger partial charge on any atom is 0.341 e. The number of aromatic nitrogens is 2. The Morgan fingerprint density at radius 3 is 2.80 bits per heavy atom. The van der Waals surface area contributed by atoms with Crippen LogP contribution in [0.25, 0.3) is 0 Å². The van der Waals surface area contributed by atoms with Gasteiger partial charge in [-0.3, -0.25) is 0 Å². The molecule has 6 heteroatoms. The first kappa shape index (κ1) is 14.7. The third kappa shape index (κ3) is 3.45. The number of carbonyl (C=O) groups is 1. The maximum atomic E-state index is 11.6. The molecule has 0 aromatic carbocycles. The summed E-state index contributed by atoms with van der Waals surface area (Å²) < 4.78 is 4.93. The van der Waals surface area contributed by atoms with E-state index in [0.717, 1.165) is 25.7 Å². The maximum absolute atomic E-state index is 11.6. The molecule has 1 aliphatic rings. The van der Waals surface area contributed by atoms with Gasteiger partial charge in [-0.15, -0.1) is 0 Å². The number of carbonyl (C=O) groups excluding carboxylic acids is 1. The van der Waals surface area contributed by atoms with Gasteiger partial charge in [0.25, 0.3) is 0 Å². The molecule has 1 aromatic heterocycles. The Morgan fingerprint density at radius 2 is 2.20 bits per heavy atom. The lowest BCUT2D eigenvalue weighted by Crippen LogP contribution is -2.34. The minimum Gasteiger partial charge on any atom is -0.462 e. The smallest absolute Gasteiger partial charge is 0.341 e. The van der Waals surface area contributed by atoms with Gasteiger partial charge in [-0.05, 0) is 26.7 Å². The molecule has 110 valence electrons. The Labute approximate surface area is 118 Å². The summed E-state index contributed by atoms with van der Waals surface area (Å²) in [6.45, 7) is 4.26. The van der Waals surface area contributed by atoms with Crippen LogP contribution in [0.4, 0.5) is 5.95 Å². The lowest BCUT2D eigenvalue weighted by molar-refractivity contribution is 0.0523. The standard InChI is InChI=1S/C14H21N3O3/c1-3-20-12(18)11-8-15-13(17-10(11)2)16-9-14(19)6-4-5-7-14/h8,19H,3-7,9H2,1-2H3,(H,15,16,17). The van der Waals surface area contributed by atoms with Crippen LogP contribution in [0.5, 0.6) is 0 Å². The van der Waals surface area contributed by atoms with E-state index in [0.29, 0.717) is 30.4 Å². The fraction of sp³-hybridized carbons (Fsp3) is 0.643. The Kier molecular flexibility index (Phi) is 4.54. The topological polar surface area (TPSA) is 84.3 Å². The molecule has 0 amide bonds. The first-order chi connectivity index (χ1) is 9.54. The van der Waals surface area contributed by atoms with Gasteiger partial charge < -0.3 is 15.2 Å². The van der Waals surface area contributed by atoms with Gasteiger partial charge in [0.1, 0.15) is 0 Å². The lowest BCUT2D eigenvalue weighted by Gasteiger charge is -2.22. The van der Waals surface area contributed by atoms with Gasteiger partial charge in [0.2, 0.25) is 5.95 Å². The van der Waals surface area contributed by atoms with E-state index in [1.165, 1.54) is 6.20 Å². The van der Waals surface area contributed by atoms with Gasteiger partial charge in [0, 0.05) is 12.7 Å². The van der Waals surface area contributed by atoms with Gasteiger partial charge in [0.15, 0.2) is 0 Å². The number of aliphatic hydroxyl groups is 1. The summed E-state index contributed by atoms with van der Waals surface area (Å²) in [5.41, 5.74) is 0.285. The Balaban J connectivity index is 2.00. The van der Waals surface area contributed by atoms with Crippen LogP contribution in [0, 0.1) is 6.92 Å². The van der Waals surface area contributed by atoms with Crippen LogP contribution in [-0.4, -0.2) is 39.8 Å². The van der Waals surface area contributed by atoms with Crippen molar-refractivity contribution in [3.05, 3.63) is 17.5 Å². The molecule has 1 fully saturated rings. The van der Waals surface area contributed by atoms with Gasteiger partial charge in [-0.25, -0.2) is 14.8 Å². The van der Waals surface area contributed by atoms with Crippen molar-refractivity contribution in [2.45, 2.75) is 45.1 Å². The van der Waals surface area contributed by atoms with Gasteiger partial charge in [-0.1, -0.05) is 12.8 Å². The van der Waals surface area contributed by atoms with Crippen LogP contribution in [-0.2, 0) is 4.74 Å². The second kappa shape index (κ2) is 6.17. The highest BCUT2D eigenvalue weighted by atomic mass is 16.5. The number of rotatable bonds is 5. The summed E-state index contributed by atoms with van der Waals surface area (Å²) in [6.07, 6.45) is 5.18. The van der Waals surface area contributed by atoms with Crippen LogP contribution in [0.1, 0.15) is 48.7 Å². The fourth-order valence-electron chi connectivity index (χ4n) is 2.41. The average molecular weight is 279 g/mol. The monoisotopic (exact) mass is 279 g/mol. The molecule has 1 aliphatic carbocycles. The summed E-state index contributed by atoms with van der Waals surface area (Å²) in [6, 6.07) is 0. The molecule has 0 unspecified atom stereocenters. The van der Waals surface area contributed by atoms with E-state index in [9.17, 15) is 9.90 Å². The number of anilines is 1. The number of hydrogen-bond acceptors (Lipinski definition) is 6. The second-order valence-electron chi connectivity index (χ2n) is 5.20. The predicted octanol–water partition coefficient (Wildman–Crippen LogP) is 1.68. The average Bonchev–Trinajstić information content (AvgIpc) is 2.84. The molecule has 0 radical (unpaired) electrons. The third-order valence-electron chi connectivity index (χ3n) is 3.58. The van der Waals surface area contributed by atoms with Crippen LogP contribution < -0.4 is 5.32 Å². The van der Waals surface area contributed by atoms with Crippen molar-refractivity contribution >= 4 is 11.9 Å². The Bertz CT molecular complexity index is 485. The van der Waals surface area contributed by atoms with E-state index in [1.807, 2.05) is 0 Å². The highest BCUT2D eigenvalue weighted by Gasteiger charge is 2.30. The van der Waals surface area contributed by atoms with Gasteiger partial charge >= 0.3 is 5.97 Å². The molecular formula is C14H21N3O3. The zero-order valence-electron chi connectivity index (χ0n) is 12.0. The van der Waals surface area contributed by atoms with Crippen LogP contribution in [0.2, 0.25) is 0 Å². The molecule has 0 atom stereocenters. The minimum atomic E-state index is -0.656. The molecule has 1 heterocycles. The van der Waals surface area contributed by atoms with Crippen LogP contribution >= 0.6 is 0 Å². The summed E-state index contributed by atoms with van der Waals surface area (Å²) in [7, 11) is 0. The molecule has 1 aromatic rings. The highest BCUT2D eigenvalue weighted by molar-refractivity contribution is 5.90. The summed E-state index contributed by atoms with van der Waals surface area (Å²) in [4.78, 5) is 20.0. The summed E-state index contributed by atoms with van der Waals surface area (Å²) >= 11 is 0. The first-order valence-corrected chi connectivity index (χ1v) is 7.01. The first-order valence-electron chi connectivity index (χ1n) is 7.01. The number of aryl methyl sites for hydroxylation is 1. The molecule has 0 bridgehead atoms. The number of nitrogens with one attached hydrogen (secondary N) is 1. The zero-order chi connectivity index (χ0) is 14.6. The van der Waals surface area contributed by atoms with E-state index in [-0.39, 0.29) is 0 Å². The van der Waals surface area contributed by atoms with Crippen molar-refractivity contribution < 1.29 is 14.6 Å². The summed E-state index contributed by atoms with van der Waals surface area (Å²) in [5, 5.41) is 13.3. The Hall–Kier alpha value is -1.69. The molecular weight excluding hydrogens is 258 g/mol.